The standard InChI is InChI=1S/C25H31N3O2S/c1-3-5-7-19-8-10-20(11-9-19)17-23-24(29)27-25(31-23)28-26-18-21-12-14-22(15-13-21)30-16-6-4-2/h8-15,18,23H,3-7,16-17H2,1-2H3,(H,27,28,29)/b26-18-/t23-/m1/s1. The molecule has 1 N–H and O–H groups in total. The van der Waals surface area contributed by atoms with Gasteiger partial charge in [-0.3, -0.25) is 4.79 Å². The van der Waals surface area contributed by atoms with Gasteiger partial charge in [0.2, 0.25) is 5.91 Å². The van der Waals surface area contributed by atoms with Gasteiger partial charge in [-0.15, -0.1) is 5.10 Å². The van der Waals surface area contributed by atoms with Gasteiger partial charge in [-0.05, 0) is 66.6 Å². The van der Waals surface area contributed by atoms with Gasteiger partial charge in [0.1, 0.15) is 5.75 Å². The second-order valence-electron chi connectivity index (χ2n) is 7.64. The van der Waals surface area contributed by atoms with Gasteiger partial charge in [0.05, 0.1) is 18.1 Å². The second-order valence-corrected chi connectivity index (χ2v) is 8.83. The number of hydrogen-bond donors (Lipinski definition) is 1. The van der Waals surface area contributed by atoms with E-state index >= 15 is 0 Å². The van der Waals surface area contributed by atoms with Crippen LogP contribution in [0.15, 0.2) is 58.7 Å². The number of rotatable bonds is 11. The zero-order chi connectivity index (χ0) is 21.9. The lowest BCUT2D eigenvalue weighted by Crippen LogP contribution is -2.25. The summed E-state index contributed by atoms with van der Waals surface area (Å²) >= 11 is 1.44. The third-order valence-corrected chi connectivity index (χ3v) is 6.11. The molecule has 1 atom stereocenters. The maximum atomic E-state index is 12.3. The van der Waals surface area contributed by atoms with Crippen LogP contribution >= 0.6 is 11.8 Å². The third-order valence-electron chi connectivity index (χ3n) is 5.04. The number of carbonyl (C=O) groups excluding carboxylic acids is 1. The first-order chi connectivity index (χ1) is 15.2. The van der Waals surface area contributed by atoms with E-state index in [0.29, 0.717) is 11.6 Å². The Morgan fingerprint density at radius 1 is 1.00 bits per heavy atom. The first-order valence-corrected chi connectivity index (χ1v) is 11.9. The normalized spacial score (nSPS) is 17.4. The highest BCUT2D eigenvalue weighted by Crippen LogP contribution is 2.24. The number of amides is 1. The van der Waals surface area contributed by atoms with Crippen LogP contribution in [0.25, 0.3) is 0 Å². The molecule has 5 nitrogen and oxygen atoms in total. The number of hydrogen-bond acceptors (Lipinski definition) is 5. The molecule has 1 saturated heterocycles. The minimum atomic E-state index is -0.171. The van der Waals surface area contributed by atoms with Crippen molar-refractivity contribution in [2.75, 3.05) is 6.61 Å². The minimum absolute atomic E-state index is 0.0115. The molecule has 1 heterocycles. The smallest absolute Gasteiger partial charge is 0.239 e. The number of unbranched alkanes of at least 4 members (excludes halogenated alkanes) is 2. The lowest BCUT2D eigenvalue weighted by molar-refractivity contribution is -0.118. The molecule has 1 aliphatic rings. The number of carbonyl (C=O) groups is 1. The van der Waals surface area contributed by atoms with Crippen molar-refractivity contribution in [3.63, 3.8) is 0 Å². The predicted octanol–water partition coefficient (Wildman–Crippen LogP) is 5.37. The summed E-state index contributed by atoms with van der Waals surface area (Å²) in [4.78, 5) is 12.3. The summed E-state index contributed by atoms with van der Waals surface area (Å²) in [5.41, 5.74) is 3.45. The molecule has 3 rings (SSSR count). The SMILES string of the molecule is CCCCOc1ccc(/C=N\N=C2\NC(=O)[C@@H](Cc3ccc(CCCC)cc3)S2)cc1. The number of nitrogens with one attached hydrogen (secondary N) is 1. The lowest BCUT2D eigenvalue weighted by Gasteiger charge is -2.06. The Morgan fingerprint density at radius 3 is 2.42 bits per heavy atom. The summed E-state index contributed by atoms with van der Waals surface area (Å²) in [6.45, 7) is 5.08. The Balaban J connectivity index is 1.50. The molecule has 164 valence electrons. The summed E-state index contributed by atoms with van der Waals surface area (Å²) in [5.74, 6) is 0.847. The Labute approximate surface area is 189 Å². The molecule has 1 aliphatic heterocycles. The average Bonchev–Trinajstić information content (AvgIpc) is 3.13. The highest BCUT2D eigenvalue weighted by atomic mass is 32.2. The van der Waals surface area contributed by atoms with Crippen molar-refractivity contribution in [2.45, 2.75) is 57.6 Å². The van der Waals surface area contributed by atoms with Crippen LogP contribution in [0.2, 0.25) is 0 Å². The van der Waals surface area contributed by atoms with Crippen LogP contribution in [0.1, 0.15) is 56.2 Å². The first kappa shape index (κ1) is 23.1. The van der Waals surface area contributed by atoms with E-state index in [4.69, 9.17) is 4.74 Å². The monoisotopic (exact) mass is 437 g/mol. The van der Waals surface area contributed by atoms with Crippen molar-refractivity contribution < 1.29 is 9.53 Å². The van der Waals surface area contributed by atoms with Crippen LogP contribution in [0.4, 0.5) is 0 Å². The molecule has 1 amide bonds. The van der Waals surface area contributed by atoms with Gasteiger partial charge >= 0.3 is 0 Å². The van der Waals surface area contributed by atoms with E-state index in [1.54, 1.807) is 6.21 Å². The molecule has 2 aromatic rings. The Morgan fingerprint density at radius 2 is 1.71 bits per heavy atom. The van der Waals surface area contributed by atoms with E-state index in [1.807, 2.05) is 24.3 Å². The summed E-state index contributed by atoms with van der Waals surface area (Å²) in [6, 6.07) is 16.3. The van der Waals surface area contributed by atoms with E-state index in [1.165, 1.54) is 35.7 Å². The fourth-order valence-electron chi connectivity index (χ4n) is 3.16. The maximum absolute atomic E-state index is 12.3. The zero-order valence-electron chi connectivity index (χ0n) is 18.3. The van der Waals surface area contributed by atoms with Crippen LogP contribution in [0.5, 0.6) is 5.75 Å². The number of benzene rings is 2. The number of ether oxygens (including phenoxy) is 1. The van der Waals surface area contributed by atoms with Crippen molar-refractivity contribution >= 4 is 29.1 Å². The van der Waals surface area contributed by atoms with Crippen molar-refractivity contribution in [1.82, 2.24) is 5.32 Å². The molecule has 2 aromatic carbocycles. The van der Waals surface area contributed by atoms with Crippen LogP contribution in [-0.2, 0) is 17.6 Å². The van der Waals surface area contributed by atoms with Gasteiger partial charge < -0.3 is 10.1 Å². The second kappa shape index (κ2) is 12.3. The molecule has 0 radical (unpaired) electrons. The Bertz CT molecular complexity index is 892. The molecule has 0 aromatic heterocycles. The Kier molecular flexibility index (Phi) is 9.16. The van der Waals surface area contributed by atoms with Crippen LogP contribution in [0, 0.1) is 0 Å². The van der Waals surface area contributed by atoms with E-state index in [-0.39, 0.29) is 11.2 Å². The fourth-order valence-corrected chi connectivity index (χ4v) is 4.12. The van der Waals surface area contributed by atoms with Crippen molar-refractivity contribution in [3.8, 4) is 5.75 Å². The molecule has 0 bridgehead atoms. The van der Waals surface area contributed by atoms with Crippen LogP contribution in [-0.4, -0.2) is 29.1 Å². The summed E-state index contributed by atoms with van der Waals surface area (Å²) in [7, 11) is 0. The highest BCUT2D eigenvalue weighted by molar-refractivity contribution is 8.15. The van der Waals surface area contributed by atoms with E-state index in [0.717, 1.165) is 37.2 Å². The molecule has 0 saturated carbocycles. The molecule has 0 aliphatic carbocycles. The van der Waals surface area contributed by atoms with E-state index in [2.05, 4.69) is 53.6 Å². The van der Waals surface area contributed by atoms with Gasteiger partial charge in [-0.25, -0.2) is 0 Å². The summed E-state index contributed by atoms with van der Waals surface area (Å²) in [5, 5.41) is 11.5. The topological polar surface area (TPSA) is 63.1 Å². The average molecular weight is 438 g/mol. The highest BCUT2D eigenvalue weighted by Gasteiger charge is 2.30. The number of nitrogens with zero attached hydrogens (tertiary/aromatic N) is 2. The molecular weight excluding hydrogens is 406 g/mol. The third kappa shape index (κ3) is 7.55. The van der Waals surface area contributed by atoms with Gasteiger partial charge in [-0.1, -0.05) is 62.7 Å². The lowest BCUT2D eigenvalue weighted by atomic mass is 10.0. The number of amidine groups is 1. The zero-order valence-corrected chi connectivity index (χ0v) is 19.2. The summed E-state index contributed by atoms with van der Waals surface area (Å²) < 4.78 is 5.66. The van der Waals surface area contributed by atoms with E-state index < -0.39 is 0 Å². The molecule has 1 fully saturated rings. The van der Waals surface area contributed by atoms with Gasteiger partial charge in [-0.2, -0.15) is 5.10 Å². The fraction of sp³-hybridized carbons (Fsp3) is 0.400. The number of aryl methyl sites for hydroxylation is 1. The predicted molar refractivity (Wildman–Crippen MR) is 130 cm³/mol. The molecule has 31 heavy (non-hydrogen) atoms. The molecule has 0 unspecified atom stereocenters. The molecule has 6 heteroatoms. The largest absolute Gasteiger partial charge is 0.494 e. The van der Waals surface area contributed by atoms with Crippen LogP contribution < -0.4 is 10.1 Å². The van der Waals surface area contributed by atoms with E-state index in [9.17, 15) is 4.79 Å². The van der Waals surface area contributed by atoms with Crippen LogP contribution in [0.3, 0.4) is 0 Å². The van der Waals surface area contributed by atoms with Gasteiger partial charge in [0.15, 0.2) is 5.17 Å². The number of thioether (sulfide) groups is 1. The quantitative estimate of drug-likeness (QED) is 0.292. The Hall–Kier alpha value is -2.60. The van der Waals surface area contributed by atoms with Crippen molar-refractivity contribution in [2.24, 2.45) is 10.2 Å². The van der Waals surface area contributed by atoms with Crippen molar-refractivity contribution in [1.29, 1.82) is 0 Å². The van der Waals surface area contributed by atoms with Crippen molar-refractivity contribution in [3.05, 3.63) is 65.2 Å². The van der Waals surface area contributed by atoms with Gasteiger partial charge in [0.25, 0.3) is 0 Å². The first-order valence-electron chi connectivity index (χ1n) is 11.1. The molecular formula is C25H31N3O2S. The van der Waals surface area contributed by atoms with Gasteiger partial charge in [0, 0.05) is 0 Å². The summed E-state index contributed by atoms with van der Waals surface area (Å²) in [6.07, 6.45) is 8.05. The minimum Gasteiger partial charge on any atom is -0.494 e. The maximum Gasteiger partial charge on any atom is 0.239 e. The molecule has 0 spiro atoms.